The van der Waals surface area contributed by atoms with Crippen LogP contribution in [0.1, 0.15) is 86.0 Å². The minimum atomic E-state index is -1.84. The number of aliphatic carboxylic acids is 2. The third-order valence-electron chi connectivity index (χ3n) is 13.4. The number of hydrogen-bond donors (Lipinski definition) is 6. The topological polar surface area (TPSA) is 156 Å². The lowest BCUT2D eigenvalue weighted by Gasteiger charge is -2.71. The lowest BCUT2D eigenvalue weighted by Crippen LogP contribution is -2.70. The van der Waals surface area contributed by atoms with Crippen molar-refractivity contribution < 1.29 is 40.2 Å². The first-order valence-corrected chi connectivity index (χ1v) is 14.3. The fraction of sp³-hybridized carbons (Fsp3) is 0.867. The number of rotatable bonds is 3. The Labute approximate surface area is 225 Å². The van der Waals surface area contributed by atoms with E-state index in [0.29, 0.717) is 44.9 Å². The van der Waals surface area contributed by atoms with Crippen LogP contribution in [-0.2, 0) is 9.59 Å². The molecule has 4 saturated carbocycles. The van der Waals surface area contributed by atoms with Gasteiger partial charge < -0.3 is 30.6 Å². The Hall–Kier alpha value is -1.48. The summed E-state index contributed by atoms with van der Waals surface area (Å²) in [5.74, 6) is -3.16. The van der Waals surface area contributed by atoms with E-state index in [0.717, 1.165) is 5.57 Å². The van der Waals surface area contributed by atoms with E-state index in [1.807, 2.05) is 20.8 Å². The van der Waals surface area contributed by atoms with Gasteiger partial charge in [-0.15, -0.1) is 0 Å². The second kappa shape index (κ2) is 8.27. The molecule has 5 aliphatic rings. The highest BCUT2D eigenvalue weighted by molar-refractivity contribution is 5.77. The standard InChI is InChI=1S/C30H46O8/c1-25(2)10-12-29(23(35)36)13-11-27(4)16(20(29)22(25)34)6-7-18-26(3)14-17(32)21(33)30(15-31,24(37)38)19(26)8-9-28(18,27)5/h6,17-22,31-34H,7-15H2,1-5H3,(H,35,36)(H,37,38)/t17-,18?,19?,20-,21+,22+,26-,27-,28-,29+,30+/m1/s1. The first-order chi connectivity index (χ1) is 17.5. The molecule has 0 radical (unpaired) electrons. The third-order valence-corrected chi connectivity index (χ3v) is 13.4. The molecule has 0 aromatic rings. The highest BCUT2D eigenvalue weighted by Gasteiger charge is 2.73. The zero-order valence-electron chi connectivity index (χ0n) is 23.4. The van der Waals surface area contributed by atoms with E-state index < -0.39 is 75.8 Å². The van der Waals surface area contributed by atoms with Gasteiger partial charge in [0.2, 0.25) is 0 Å². The summed E-state index contributed by atoms with van der Waals surface area (Å²) in [6.45, 7) is 9.76. The quantitative estimate of drug-likeness (QED) is 0.302. The van der Waals surface area contributed by atoms with Crippen molar-refractivity contribution in [3.63, 3.8) is 0 Å². The minimum absolute atomic E-state index is 0.0407. The molecule has 0 amide bonds. The maximum atomic E-state index is 12.8. The van der Waals surface area contributed by atoms with Gasteiger partial charge in [0.15, 0.2) is 0 Å². The van der Waals surface area contributed by atoms with Crippen molar-refractivity contribution in [3.8, 4) is 0 Å². The number of aliphatic hydroxyl groups excluding tert-OH is 4. The molecule has 8 nitrogen and oxygen atoms in total. The van der Waals surface area contributed by atoms with Gasteiger partial charge in [0, 0.05) is 5.92 Å². The Bertz CT molecular complexity index is 1070. The van der Waals surface area contributed by atoms with E-state index in [2.05, 4.69) is 19.9 Å². The summed E-state index contributed by atoms with van der Waals surface area (Å²) in [4.78, 5) is 25.4. The van der Waals surface area contributed by atoms with Crippen molar-refractivity contribution in [3.05, 3.63) is 11.6 Å². The molecular weight excluding hydrogens is 488 g/mol. The summed E-state index contributed by atoms with van der Waals surface area (Å²) in [6.07, 6.45) is 2.83. The van der Waals surface area contributed by atoms with E-state index in [4.69, 9.17) is 0 Å². The molecule has 0 aliphatic heterocycles. The predicted molar refractivity (Wildman–Crippen MR) is 139 cm³/mol. The van der Waals surface area contributed by atoms with Gasteiger partial charge in [0.1, 0.15) is 5.41 Å². The molecule has 5 aliphatic carbocycles. The number of carboxylic acid groups (broad SMARTS) is 2. The number of aliphatic hydroxyl groups is 4. The van der Waals surface area contributed by atoms with Crippen LogP contribution in [0, 0.1) is 50.2 Å². The lowest BCUT2D eigenvalue weighted by molar-refractivity contribution is -0.252. The van der Waals surface area contributed by atoms with E-state index in [9.17, 15) is 40.2 Å². The summed E-state index contributed by atoms with van der Waals surface area (Å²) in [5.41, 5.74) is -3.61. The Kier molecular flexibility index (Phi) is 6.11. The van der Waals surface area contributed by atoms with Crippen LogP contribution in [0.2, 0.25) is 0 Å². The fourth-order valence-electron chi connectivity index (χ4n) is 10.8. The van der Waals surface area contributed by atoms with Crippen LogP contribution in [0.5, 0.6) is 0 Å². The Morgan fingerprint density at radius 2 is 1.50 bits per heavy atom. The van der Waals surface area contributed by atoms with Crippen LogP contribution in [0.4, 0.5) is 0 Å². The molecule has 0 saturated heterocycles. The largest absolute Gasteiger partial charge is 0.481 e. The Balaban J connectivity index is 1.65. The third kappa shape index (κ3) is 3.06. The van der Waals surface area contributed by atoms with Gasteiger partial charge in [-0.2, -0.15) is 0 Å². The maximum absolute atomic E-state index is 12.8. The van der Waals surface area contributed by atoms with Crippen molar-refractivity contribution in [1.29, 1.82) is 0 Å². The second-order valence-electron chi connectivity index (χ2n) is 14.9. The second-order valence-corrected chi connectivity index (χ2v) is 14.9. The van der Waals surface area contributed by atoms with Gasteiger partial charge >= 0.3 is 11.9 Å². The smallest absolute Gasteiger partial charge is 0.315 e. The Morgan fingerprint density at radius 1 is 0.868 bits per heavy atom. The van der Waals surface area contributed by atoms with Crippen molar-refractivity contribution in [2.45, 2.75) is 104 Å². The molecule has 38 heavy (non-hydrogen) atoms. The molecule has 11 atom stereocenters. The molecular formula is C30H46O8. The minimum Gasteiger partial charge on any atom is -0.481 e. The molecule has 0 bridgehead atoms. The molecule has 0 aromatic heterocycles. The summed E-state index contributed by atoms with van der Waals surface area (Å²) >= 11 is 0. The van der Waals surface area contributed by atoms with Crippen LogP contribution in [0.15, 0.2) is 11.6 Å². The monoisotopic (exact) mass is 534 g/mol. The van der Waals surface area contributed by atoms with Gasteiger partial charge in [-0.25, -0.2) is 0 Å². The van der Waals surface area contributed by atoms with Crippen LogP contribution < -0.4 is 0 Å². The van der Waals surface area contributed by atoms with E-state index in [-0.39, 0.29) is 17.8 Å². The molecule has 4 fully saturated rings. The number of carbonyl (C=O) groups is 2. The van der Waals surface area contributed by atoms with Crippen molar-refractivity contribution in [2.75, 3.05) is 6.61 Å². The van der Waals surface area contributed by atoms with Crippen LogP contribution >= 0.6 is 0 Å². The molecule has 8 heteroatoms. The average Bonchev–Trinajstić information content (AvgIpc) is 2.83. The summed E-state index contributed by atoms with van der Waals surface area (Å²) < 4.78 is 0. The molecule has 0 aromatic carbocycles. The first kappa shape index (κ1) is 28.1. The van der Waals surface area contributed by atoms with Crippen LogP contribution in [-0.4, -0.2) is 67.5 Å². The zero-order chi connectivity index (χ0) is 28.3. The number of hydrogen-bond acceptors (Lipinski definition) is 6. The fourth-order valence-corrected chi connectivity index (χ4v) is 10.8. The molecule has 0 spiro atoms. The van der Waals surface area contributed by atoms with Gasteiger partial charge in [-0.1, -0.05) is 46.3 Å². The summed E-state index contributed by atoms with van der Waals surface area (Å²) in [7, 11) is 0. The molecule has 6 N–H and O–H groups in total. The van der Waals surface area contributed by atoms with Gasteiger partial charge in [0.25, 0.3) is 0 Å². The van der Waals surface area contributed by atoms with E-state index in [1.165, 1.54) is 0 Å². The van der Waals surface area contributed by atoms with Crippen LogP contribution in [0.25, 0.3) is 0 Å². The molecule has 0 heterocycles. The van der Waals surface area contributed by atoms with E-state index >= 15 is 0 Å². The highest BCUT2D eigenvalue weighted by Crippen LogP contribution is 2.75. The first-order valence-electron chi connectivity index (χ1n) is 14.3. The van der Waals surface area contributed by atoms with Crippen molar-refractivity contribution in [2.24, 2.45) is 50.2 Å². The molecule has 214 valence electrons. The van der Waals surface area contributed by atoms with Gasteiger partial charge in [-0.3, -0.25) is 9.59 Å². The van der Waals surface area contributed by atoms with Crippen molar-refractivity contribution in [1.82, 2.24) is 0 Å². The SMILES string of the molecule is CC1(C)CC[C@]2(C(=O)O)CC[C@]3(C)C(=CCC4[C@@]5(C)C[C@@H](O)[C@H](O)[C@@](CO)(C(=O)O)C5CC[C@]43C)[C@@H]2[C@@H]1O. The number of carboxylic acids is 2. The summed E-state index contributed by atoms with van der Waals surface area (Å²) in [5, 5.41) is 64.8. The number of fused-ring (bicyclic) bond motifs is 7. The van der Waals surface area contributed by atoms with Gasteiger partial charge in [-0.05, 0) is 84.9 Å². The zero-order valence-corrected chi connectivity index (χ0v) is 23.4. The van der Waals surface area contributed by atoms with Crippen molar-refractivity contribution >= 4 is 11.9 Å². The highest BCUT2D eigenvalue weighted by atomic mass is 16.4. The average molecular weight is 535 g/mol. The molecule has 5 rings (SSSR count). The molecule has 2 unspecified atom stereocenters. The Morgan fingerprint density at radius 3 is 2.08 bits per heavy atom. The normalized spacial score (nSPS) is 53.4. The van der Waals surface area contributed by atoms with Gasteiger partial charge in [0.05, 0.1) is 30.3 Å². The number of allylic oxidation sites excluding steroid dienone is 1. The van der Waals surface area contributed by atoms with E-state index in [1.54, 1.807) is 0 Å². The predicted octanol–water partition coefficient (Wildman–Crippen LogP) is 3.21. The lowest BCUT2D eigenvalue weighted by atomic mass is 9.33. The maximum Gasteiger partial charge on any atom is 0.315 e. The summed E-state index contributed by atoms with van der Waals surface area (Å²) in [6, 6.07) is 0. The van der Waals surface area contributed by atoms with Crippen LogP contribution in [0.3, 0.4) is 0 Å².